The third kappa shape index (κ3) is 4.45. The number of benzene rings is 2. The molecule has 1 aliphatic rings. The van der Waals surface area contributed by atoms with Crippen molar-refractivity contribution in [3.05, 3.63) is 53.6 Å². The van der Waals surface area contributed by atoms with E-state index in [-0.39, 0.29) is 0 Å². The third-order valence-electron chi connectivity index (χ3n) is 4.96. The van der Waals surface area contributed by atoms with E-state index in [0.717, 1.165) is 22.6 Å². The average molecular weight is 420 g/mol. The van der Waals surface area contributed by atoms with E-state index < -0.39 is 10.0 Å². The van der Waals surface area contributed by atoms with Gasteiger partial charge in [0.25, 0.3) is 0 Å². The normalized spacial score (nSPS) is 15.3. The number of nitrogens with zero attached hydrogens (tertiary/aromatic N) is 2. The number of ether oxygens (including phenoxy) is 1. The van der Waals surface area contributed by atoms with E-state index >= 15 is 0 Å². The minimum absolute atomic E-state index is 0.348. The van der Waals surface area contributed by atoms with Crippen molar-refractivity contribution in [3.8, 4) is 5.75 Å². The number of hydrogen-bond acceptors (Lipinski definition) is 4. The van der Waals surface area contributed by atoms with E-state index in [1.54, 1.807) is 19.2 Å². The van der Waals surface area contributed by atoms with Gasteiger partial charge in [0, 0.05) is 37.9 Å². The van der Waals surface area contributed by atoms with Gasteiger partial charge in [-0.2, -0.15) is 4.31 Å². The van der Waals surface area contributed by atoms with Crippen LogP contribution in [0.15, 0.2) is 47.4 Å². The molecule has 0 saturated carbocycles. The van der Waals surface area contributed by atoms with Gasteiger partial charge in [0.15, 0.2) is 5.11 Å². The Balaban J connectivity index is 1.63. The molecule has 2 aromatic rings. The number of nitrogens with one attached hydrogen (secondary N) is 1. The smallest absolute Gasteiger partial charge is 0.243 e. The highest BCUT2D eigenvalue weighted by atomic mass is 32.2. The van der Waals surface area contributed by atoms with Crippen LogP contribution < -0.4 is 10.1 Å². The molecule has 28 heavy (non-hydrogen) atoms. The van der Waals surface area contributed by atoms with Crippen molar-refractivity contribution < 1.29 is 13.2 Å². The summed E-state index contributed by atoms with van der Waals surface area (Å²) in [5.74, 6) is 0.747. The lowest BCUT2D eigenvalue weighted by molar-refractivity contribution is 0.268. The predicted octanol–water partition coefficient (Wildman–Crippen LogP) is 3.02. The summed E-state index contributed by atoms with van der Waals surface area (Å²) in [4.78, 5) is 2.34. The van der Waals surface area contributed by atoms with Gasteiger partial charge in [-0.05, 0) is 61.5 Å². The lowest BCUT2D eigenvalue weighted by Gasteiger charge is -2.35. The number of piperazine rings is 1. The first-order valence-corrected chi connectivity index (χ1v) is 10.9. The van der Waals surface area contributed by atoms with Crippen LogP contribution in [0.25, 0.3) is 0 Å². The molecule has 0 unspecified atom stereocenters. The molecule has 1 heterocycles. The van der Waals surface area contributed by atoms with Crippen LogP contribution in [0.4, 0.5) is 5.69 Å². The van der Waals surface area contributed by atoms with Crippen LogP contribution in [0.5, 0.6) is 5.75 Å². The van der Waals surface area contributed by atoms with Gasteiger partial charge in [0.05, 0.1) is 12.0 Å². The molecule has 3 rings (SSSR count). The van der Waals surface area contributed by atoms with Crippen LogP contribution in [0.2, 0.25) is 0 Å². The molecule has 0 atom stereocenters. The molecular formula is C20H25N3O3S2. The molecule has 1 saturated heterocycles. The lowest BCUT2D eigenvalue weighted by Crippen LogP contribution is -2.51. The van der Waals surface area contributed by atoms with Crippen molar-refractivity contribution in [2.24, 2.45) is 0 Å². The molecule has 1 N–H and O–H groups in total. The molecule has 150 valence electrons. The highest BCUT2D eigenvalue weighted by Crippen LogP contribution is 2.21. The Kier molecular flexibility index (Phi) is 6.22. The van der Waals surface area contributed by atoms with E-state index in [1.165, 1.54) is 4.31 Å². The van der Waals surface area contributed by atoms with Gasteiger partial charge in [-0.3, -0.25) is 0 Å². The number of rotatable bonds is 4. The van der Waals surface area contributed by atoms with Gasteiger partial charge in [0.1, 0.15) is 5.75 Å². The fourth-order valence-electron chi connectivity index (χ4n) is 3.06. The van der Waals surface area contributed by atoms with Crippen LogP contribution in [0.3, 0.4) is 0 Å². The first kappa shape index (κ1) is 20.6. The van der Waals surface area contributed by atoms with Crippen LogP contribution in [0.1, 0.15) is 11.1 Å². The summed E-state index contributed by atoms with van der Waals surface area (Å²) in [5.41, 5.74) is 2.90. The van der Waals surface area contributed by atoms with Crippen molar-refractivity contribution in [1.29, 1.82) is 0 Å². The molecule has 0 aliphatic carbocycles. The van der Waals surface area contributed by atoms with Crippen molar-refractivity contribution in [2.75, 3.05) is 38.6 Å². The molecule has 0 radical (unpaired) electrons. The first-order chi connectivity index (χ1) is 13.3. The summed E-state index contributed by atoms with van der Waals surface area (Å²) in [6.45, 7) is 5.78. The topological polar surface area (TPSA) is 61.9 Å². The van der Waals surface area contributed by atoms with E-state index in [2.05, 4.69) is 5.32 Å². The summed E-state index contributed by atoms with van der Waals surface area (Å²) in [6.07, 6.45) is 0. The zero-order chi connectivity index (χ0) is 20.3. The van der Waals surface area contributed by atoms with E-state index in [9.17, 15) is 8.42 Å². The molecule has 0 amide bonds. The van der Waals surface area contributed by atoms with Crippen molar-refractivity contribution >= 4 is 33.0 Å². The highest BCUT2D eigenvalue weighted by Gasteiger charge is 2.29. The van der Waals surface area contributed by atoms with Gasteiger partial charge in [-0.15, -0.1) is 0 Å². The van der Waals surface area contributed by atoms with Gasteiger partial charge < -0.3 is 15.0 Å². The van der Waals surface area contributed by atoms with Crippen LogP contribution in [-0.4, -0.2) is 56.0 Å². The van der Waals surface area contributed by atoms with E-state index in [0.29, 0.717) is 36.2 Å². The molecule has 2 aromatic carbocycles. The Morgan fingerprint density at radius 2 is 1.75 bits per heavy atom. The molecule has 0 spiro atoms. The molecule has 6 nitrogen and oxygen atoms in total. The van der Waals surface area contributed by atoms with Gasteiger partial charge in [-0.1, -0.05) is 12.1 Å². The average Bonchev–Trinajstić information content (AvgIpc) is 2.70. The van der Waals surface area contributed by atoms with Gasteiger partial charge >= 0.3 is 0 Å². The Labute approximate surface area is 172 Å². The zero-order valence-corrected chi connectivity index (χ0v) is 17.9. The SMILES string of the molecule is COc1cccc(NC(=S)N2CCN(S(=O)(=O)c3ccc(C)c(C)c3)CC2)c1. The van der Waals surface area contributed by atoms with Gasteiger partial charge in [0.2, 0.25) is 10.0 Å². The summed E-state index contributed by atoms with van der Waals surface area (Å²) in [5, 5.41) is 3.77. The molecule has 8 heteroatoms. The lowest BCUT2D eigenvalue weighted by atomic mass is 10.1. The Morgan fingerprint density at radius 3 is 2.39 bits per heavy atom. The highest BCUT2D eigenvalue weighted by molar-refractivity contribution is 7.89. The van der Waals surface area contributed by atoms with Crippen LogP contribution in [0, 0.1) is 13.8 Å². The maximum Gasteiger partial charge on any atom is 0.243 e. The summed E-state index contributed by atoms with van der Waals surface area (Å²) in [7, 11) is -1.87. The molecule has 1 fully saturated rings. The summed E-state index contributed by atoms with van der Waals surface area (Å²) >= 11 is 5.50. The van der Waals surface area contributed by atoms with E-state index in [4.69, 9.17) is 17.0 Å². The molecule has 0 aromatic heterocycles. The first-order valence-electron chi connectivity index (χ1n) is 9.08. The Bertz CT molecular complexity index is 968. The predicted molar refractivity (Wildman–Crippen MR) is 115 cm³/mol. The zero-order valence-electron chi connectivity index (χ0n) is 16.3. The summed E-state index contributed by atoms with van der Waals surface area (Å²) in [6, 6.07) is 12.8. The Morgan fingerprint density at radius 1 is 1.04 bits per heavy atom. The Hall–Kier alpha value is -2.16. The molecule has 0 bridgehead atoms. The van der Waals surface area contributed by atoms with Crippen LogP contribution in [-0.2, 0) is 10.0 Å². The van der Waals surface area contributed by atoms with E-state index in [1.807, 2.05) is 49.1 Å². The van der Waals surface area contributed by atoms with Crippen molar-refractivity contribution in [2.45, 2.75) is 18.7 Å². The molecule has 1 aliphatic heterocycles. The standard InChI is InChI=1S/C20H25N3O3S2/c1-15-7-8-19(13-16(15)2)28(24,25)23-11-9-22(10-12-23)20(27)21-17-5-4-6-18(14-17)26-3/h4-8,13-14H,9-12H2,1-3H3,(H,21,27). The number of anilines is 1. The van der Waals surface area contributed by atoms with Crippen LogP contribution >= 0.6 is 12.2 Å². The minimum Gasteiger partial charge on any atom is -0.497 e. The largest absolute Gasteiger partial charge is 0.497 e. The monoisotopic (exact) mass is 419 g/mol. The number of sulfonamides is 1. The second kappa shape index (κ2) is 8.46. The minimum atomic E-state index is -3.49. The third-order valence-corrected chi connectivity index (χ3v) is 7.22. The number of hydrogen-bond donors (Lipinski definition) is 1. The second-order valence-corrected chi connectivity index (χ2v) is 9.12. The number of thiocarbonyl (C=S) groups is 1. The maximum absolute atomic E-state index is 12.9. The second-order valence-electron chi connectivity index (χ2n) is 6.80. The molecular weight excluding hydrogens is 394 g/mol. The van der Waals surface area contributed by atoms with Gasteiger partial charge in [-0.25, -0.2) is 8.42 Å². The fraction of sp³-hybridized carbons (Fsp3) is 0.350. The maximum atomic E-state index is 12.9. The van der Waals surface area contributed by atoms with Crippen molar-refractivity contribution in [1.82, 2.24) is 9.21 Å². The fourth-order valence-corrected chi connectivity index (χ4v) is 4.87. The summed E-state index contributed by atoms with van der Waals surface area (Å²) < 4.78 is 32.6. The number of aryl methyl sites for hydroxylation is 2. The van der Waals surface area contributed by atoms with Crippen molar-refractivity contribution in [3.63, 3.8) is 0 Å². The number of methoxy groups -OCH3 is 1. The quantitative estimate of drug-likeness (QED) is 0.769.